The van der Waals surface area contributed by atoms with Gasteiger partial charge in [0.25, 0.3) is 0 Å². The Hall–Kier alpha value is -1.67. The predicted molar refractivity (Wildman–Crippen MR) is 105 cm³/mol. The third-order valence-electron chi connectivity index (χ3n) is 4.63. The molecule has 1 aliphatic rings. The van der Waals surface area contributed by atoms with E-state index in [2.05, 4.69) is 4.72 Å². The summed E-state index contributed by atoms with van der Waals surface area (Å²) in [4.78, 5) is 14.1. The van der Waals surface area contributed by atoms with Crippen molar-refractivity contribution in [2.75, 3.05) is 26.2 Å². The summed E-state index contributed by atoms with van der Waals surface area (Å²) in [7, 11) is -3.63. The molecule has 6 nitrogen and oxygen atoms in total. The summed E-state index contributed by atoms with van der Waals surface area (Å²) in [6.07, 6.45) is 1.08. The number of benzene rings is 2. The fraction of sp³-hybridized carbons (Fsp3) is 0.389. The van der Waals surface area contributed by atoms with Crippen molar-refractivity contribution in [1.29, 1.82) is 0 Å². The Bertz CT molecular complexity index is 873. The molecule has 0 aliphatic carbocycles. The summed E-state index contributed by atoms with van der Waals surface area (Å²) in [5, 5.41) is 1.85. The lowest BCUT2D eigenvalue weighted by atomic mass is 10.1. The monoisotopic (exact) mass is 397 g/mol. The molecule has 3 N–H and O–H groups in total. The van der Waals surface area contributed by atoms with Gasteiger partial charge >= 0.3 is 0 Å². The third kappa shape index (κ3) is 4.73. The number of nitrogens with one attached hydrogen (secondary N) is 1. The fourth-order valence-electron chi connectivity index (χ4n) is 3.12. The second-order valence-corrected chi connectivity index (χ2v) is 8.15. The first-order valence-corrected chi connectivity index (χ1v) is 9.94. The molecule has 1 atom stereocenters. The lowest BCUT2D eigenvalue weighted by Gasteiger charge is -2.16. The Morgan fingerprint density at radius 3 is 2.62 bits per heavy atom. The highest BCUT2D eigenvalue weighted by atomic mass is 35.5. The number of hydrogen-bond acceptors (Lipinski definition) is 4. The molecule has 0 spiro atoms. The Kier molecular flexibility index (Phi) is 7.00. The van der Waals surface area contributed by atoms with Gasteiger partial charge in [0.05, 0.1) is 4.90 Å². The maximum Gasteiger partial charge on any atom is 0.240 e. The zero-order valence-electron chi connectivity index (χ0n) is 14.4. The molecular weight excluding hydrogens is 374 g/mol. The van der Waals surface area contributed by atoms with Gasteiger partial charge in [-0.25, -0.2) is 13.1 Å². The van der Waals surface area contributed by atoms with Gasteiger partial charge in [-0.3, -0.25) is 4.79 Å². The summed E-state index contributed by atoms with van der Waals surface area (Å²) >= 11 is 0. The van der Waals surface area contributed by atoms with E-state index in [-0.39, 0.29) is 36.2 Å². The van der Waals surface area contributed by atoms with Crippen molar-refractivity contribution >= 4 is 39.1 Å². The summed E-state index contributed by atoms with van der Waals surface area (Å²) in [5.74, 6) is 0.329. The van der Waals surface area contributed by atoms with Crippen molar-refractivity contribution in [3.63, 3.8) is 0 Å². The average Bonchev–Trinajstić information content (AvgIpc) is 3.10. The number of amides is 1. The van der Waals surface area contributed by atoms with E-state index in [9.17, 15) is 13.2 Å². The largest absolute Gasteiger partial charge is 0.342 e. The number of hydrogen-bond donors (Lipinski definition) is 2. The molecule has 1 heterocycles. The van der Waals surface area contributed by atoms with Gasteiger partial charge in [-0.2, -0.15) is 0 Å². The highest BCUT2D eigenvalue weighted by molar-refractivity contribution is 7.89. The normalized spacial score (nSPS) is 17.3. The number of halogens is 1. The standard InChI is InChI=1S/C18H23N3O3S.ClH/c19-12-14-8-10-21(13-14)18(22)7-9-20-25(23,24)17-6-5-15-3-1-2-4-16(15)11-17;/h1-6,11,14,20H,7-10,12-13,19H2;1H. The molecule has 1 aliphatic heterocycles. The van der Waals surface area contributed by atoms with Crippen LogP contribution in [0.5, 0.6) is 0 Å². The number of carbonyl (C=O) groups is 1. The minimum Gasteiger partial charge on any atom is -0.342 e. The predicted octanol–water partition coefficient (Wildman–Crippen LogP) is 1.74. The lowest BCUT2D eigenvalue weighted by Crippen LogP contribution is -2.33. The number of rotatable bonds is 6. The van der Waals surface area contributed by atoms with Crippen molar-refractivity contribution in [2.24, 2.45) is 11.7 Å². The van der Waals surface area contributed by atoms with Crippen molar-refractivity contribution in [3.05, 3.63) is 42.5 Å². The second kappa shape index (κ2) is 8.81. The van der Waals surface area contributed by atoms with E-state index in [1.54, 1.807) is 23.1 Å². The Morgan fingerprint density at radius 1 is 1.19 bits per heavy atom. The molecular formula is C18H24ClN3O3S. The number of fused-ring (bicyclic) bond motifs is 1. The van der Waals surface area contributed by atoms with Crippen molar-refractivity contribution in [1.82, 2.24) is 9.62 Å². The van der Waals surface area contributed by atoms with Gasteiger partial charge in [-0.05, 0) is 41.8 Å². The molecule has 1 amide bonds. The summed E-state index contributed by atoms with van der Waals surface area (Å²) in [6, 6.07) is 12.6. The molecule has 3 rings (SSSR count). The first kappa shape index (κ1) is 20.6. The zero-order chi connectivity index (χ0) is 17.9. The van der Waals surface area contributed by atoms with Crippen LogP contribution in [-0.2, 0) is 14.8 Å². The first-order valence-electron chi connectivity index (χ1n) is 8.46. The van der Waals surface area contributed by atoms with Crippen molar-refractivity contribution in [3.8, 4) is 0 Å². The molecule has 0 radical (unpaired) electrons. The molecule has 0 aromatic heterocycles. The SMILES string of the molecule is Cl.NCC1CCN(C(=O)CCNS(=O)(=O)c2ccc3ccccc3c2)C1. The molecule has 1 fully saturated rings. The molecule has 0 bridgehead atoms. The third-order valence-corrected chi connectivity index (χ3v) is 6.09. The van der Waals surface area contributed by atoms with Gasteiger partial charge in [-0.15, -0.1) is 12.4 Å². The maximum absolute atomic E-state index is 12.4. The lowest BCUT2D eigenvalue weighted by molar-refractivity contribution is -0.130. The van der Waals surface area contributed by atoms with Crippen LogP contribution in [0.25, 0.3) is 10.8 Å². The Balaban J connectivity index is 0.00000243. The highest BCUT2D eigenvalue weighted by Crippen LogP contribution is 2.19. The summed E-state index contributed by atoms with van der Waals surface area (Å²) < 4.78 is 27.4. The van der Waals surface area contributed by atoms with Gasteiger partial charge in [-0.1, -0.05) is 30.3 Å². The van der Waals surface area contributed by atoms with Crippen LogP contribution in [-0.4, -0.2) is 45.4 Å². The van der Waals surface area contributed by atoms with Crippen LogP contribution in [0.4, 0.5) is 0 Å². The number of nitrogens with two attached hydrogens (primary N) is 1. The zero-order valence-corrected chi connectivity index (χ0v) is 16.1. The topological polar surface area (TPSA) is 92.5 Å². The molecule has 1 unspecified atom stereocenters. The summed E-state index contributed by atoms with van der Waals surface area (Å²) in [5.41, 5.74) is 5.63. The molecule has 2 aromatic carbocycles. The fourth-order valence-corrected chi connectivity index (χ4v) is 4.19. The highest BCUT2D eigenvalue weighted by Gasteiger charge is 2.25. The van der Waals surface area contributed by atoms with E-state index in [1.165, 1.54) is 0 Å². The molecule has 2 aromatic rings. The Morgan fingerprint density at radius 2 is 1.92 bits per heavy atom. The van der Waals surface area contributed by atoms with Crippen LogP contribution in [0.3, 0.4) is 0 Å². The van der Waals surface area contributed by atoms with E-state index >= 15 is 0 Å². The van der Waals surface area contributed by atoms with E-state index in [0.717, 1.165) is 17.2 Å². The van der Waals surface area contributed by atoms with Crippen molar-refractivity contribution < 1.29 is 13.2 Å². The van der Waals surface area contributed by atoms with Crippen LogP contribution in [0.2, 0.25) is 0 Å². The van der Waals surface area contributed by atoms with Crippen LogP contribution in [0, 0.1) is 5.92 Å². The van der Waals surface area contributed by atoms with Gasteiger partial charge < -0.3 is 10.6 Å². The van der Waals surface area contributed by atoms with Gasteiger partial charge in [0.15, 0.2) is 0 Å². The maximum atomic E-state index is 12.4. The molecule has 0 saturated carbocycles. The van der Waals surface area contributed by atoms with Crippen LogP contribution in [0.1, 0.15) is 12.8 Å². The Labute approximate surface area is 160 Å². The van der Waals surface area contributed by atoms with E-state index in [0.29, 0.717) is 25.6 Å². The van der Waals surface area contributed by atoms with Crippen LogP contribution in [0.15, 0.2) is 47.4 Å². The van der Waals surface area contributed by atoms with Gasteiger partial charge in [0.2, 0.25) is 15.9 Å². The summed E-state index contributed by atoms with van der Waals surface area (Å²) in [6.45, 7) is 2.06. The minimum atomic E-state index is -3.63. The molecule has 1 saturated heterocycles. The van der Waals surface area contributed by atoms with Crippen molar-refractivity contribution in [2.45, 2.75) is 17.7 Å². The molecule has 8 heteroatoms. The number of carbonyl (C=O) groups excluding carboxylic acids is 1. The first-order chi connectivity index (χ1) is 12.0. The van der Waals surface area contributed by atoms with Gasteiger partial charge in [0.1, 0.15) is 0 Å². The molecule has 26 heavy (non-hydrogen) atoms. The van der Waals surface area contributed by atoms with E-state index in [1.807, 2.05) is 24.3 Å². The number of nitrogens with zero attached hydrogens (tertiary/aromatic N) is 1. The number of likely N-dealkylation sites (tertiary alicyclic amines) is 1. The average molecular weight is 398 g/mol. The van der Waals surface area contributed by atoms with Crippen LogP contribution >= 0.6 is 12.4 Å². The second-order valence-electron chi connectivity index (χ2n) is 6.39. The smallest absolute Gasteiger partial charge is 0.240 e. The minimum absolute atomic E-state index is 0. The van der Waals surface area contributed by atoms with Crippen LogP contribution < -0.4 is 10.5 Å². The van der Waals surface area contributed by atoms with E-state index < -0.39 is 10.0 Å². The quantitative estimate of drug-likeness (QED) is 0.776. The molecule has 142 valence electrons. The van der Waals surface area contributed by atoms with Gasteiger partial charge in [0, 0.05) is 26.1 Å². The number of sulfonamides is 1. The van der Waals surface area contributed by atoms with E-state index in [4.69, 9.17) is 5.73 Å².